The fourth-order valence-corrected chi connectivity index (χ4v) is 5.09. The fraction of sp³-hybridized carbons (Fsp3) is 0.667. The lowest BCUT2D eigenvalue weighted by molar-refractivity contribution is 0.00545. The monoisotopic (exact) mass is 430 g/mol. The SMILES string of the molecule is CN=C(NCC1(c2cccc(F)c2)CC1)NC1CC2CCC(C1)N2C(=O)OC(C)(C)C. The van der Waals surface area contributed by atoms with Crippen LogP contribution in [0.25, 0.3) is 0 Å². The van der Waals surface area contributed by atoms with E-state index in [0.717, 1.165) is 56.6 Å². The predicted molar refractivity (Wildman–Crippen MR) is 120 cm³/mol. The van der Waals surface area contributed by atoms with Crippen molar-refractivity contribution in [1.29, 1.82) is 0 Å². The van der Waals surface area contributed by atoms with E-state index in [2.05, 4.69) is 15.6 Å². The number of nitrogens with zero attached hydrogens (tertiary/aromatic N) is 2. The molecule has 3 fully saturated rings. The predicted octanol–water partition coefficient (Wildman–Crippen LogP) is 3.95. The van der Waals surface area contributed by atoms with Gasteiger partial charge in [0, 0.05) is 37.1 Å². The van der Waals surface area contributed by atoms with Crippen molar-refractivity contribution in [3.63, 3.8) is 0 Å². The first-order valence-electron chi connectivity index (χ1n) is 11.4. The topological polar surface area (TPSA) is 66.0 Å². The normalized spacial score (nSPS) is 27.1. The molecule has 2 heterocycles. The molecule has 1 aromatic rings. The molecule has 2 saturated heterocycles. The average Bonchev–Trinajstić information content (AvgIpc) is 3.43. The van der Waals surface area contributed by atoms with E-state index in [0.29, 0.717) is 0 Å². The average molecular weight is 431 g/mol. The molecule has 2 unspecified atom stereocenters. The van der Waals surface area contributed by atoms with E-state index in [1.807, 2.05) is 31.7 Å². The lowest BCUT2D eigenvalue weighted by atomic mass is 9.96. The first-order chi connectivity index (χ1) is 14.7. The van der Waals surface area contributed by atoms with Gasteiger partial charge in [-0.25, -0.2) is 9.18 Å². The van der Waals surface area contributed by atoms with Crippen LogP contribution in [0.5, 0.6) is 0 Å². The Morgan fingerprint density at radius 2 is 1.94 bits per heavy atom. The van der Waals surface area contributed by atoms with Crippen molar-refractivity contribution >= 4 is 12.1 Å². The Labute approximate surface area is 184 Å². The van der Waals surface area contributed by atoms with Gasteiger partial charge in [-0.3, -0.25) is 4.99 Å². The minimum Gasteiger partial charge on any atom is -0.444 e. The third kappa shape index (κ3) is 4.96. The Hall–Kier alpha value is -2.31. The Morgan fingerprint density at radius 1 is 1.26 bits per heavy atom. The lowest BCUT2D eigenvalue weighted by Gasteiger charge is -2.40. The summed E-state index contributed by atoms with van der Waals surface area (Å²) in [6.45, 7) is 6.47. The van der Waals surface area contributed by atoms with Crippen LogP contribution in [0.3, 0.4) is 0 Å². The second-order valence-corrected chi connectivity index (χ2v) is 10.3. The molecule has 31 heavy (non-hydrogen) atoms. The zero-order chi connectivity index (χ0) is 22.2. The zero-order valence-corrected chi connectivity index (χ0v) is 19.1. The number of nitrogens with one attached hydrogen (secondary N) is 2. The number of piperidine rings is 1. The second kappa shape index (κ2) is 8.32. The van der Waals surface area contributed by atoms with E-state index in [1.54, 1.807) is 19.2 Å². The van der Waals surface area contributed by atoms with Gasteiger partial charge in [0.25, 0.3) is 0 Å². The van der Waals surface area contributed by atoms with Crippen molar-refractivity contribution in [2.75, 3.05) is 13.6 Å². The van der Waals surface area contributed by atoms with Crippen LogP contribution in [0, 0.1) is 5.82 Å². The number of carbonyl (C=O) groups is 1. The number of hydrogen-bond acceptors (Lipinski definition) is 3. The van der Waals surface area contributed by atoms with Gasteiger partial charge < -0.3 is 20.3 Å². The Bertz CT molecular complexity index is 832. The number of carbonyl (C=O) groups excluding carboxylic acids is 1. The molecule has 2 aliphatic heterocycles. The summed E-state index contributed by atoms with van der Waals surface area (Å²) >= 11 is 0. The highest BCUT2D eigenvalue weighted by molar-refractivity contribution is 5.80. The molecule has 2 N–H and O–H groups in total. The Balaban J connectivity index is 1.32. The Morgan fingerprint density at radius 3 is 2.48 bits per heavy atom. The molecule has 0 aromatic heterocycles. The number of hydrogen-bond donors (Lipinski definition) is 2. The van der Waals surface area contributed by atoms with Crippen molar-refractivity contribution < 1.29 is 13.9 Å². The number of fused-ring (bicyclic) bond motifs is 2. The maximum atomic E-state index is 13.7. The van der Waals surface area contributed by atoms with Crippen LogP contribution in [-0.4, -0.2) is 54.3 Å². The smallest absolute Gasteiger partial charge is 0.410 e. The Kier molecular flexibility index (Phi) is 5.88. The third-order valence-corrected chi connectivity index (χ3v) is 6.79. The fourth-order valence-electron chi connectivity index (χ4n) is 5.09. The second-order valence-electron chi connectivity index (χ2n) is 10.3. The first kappa shape index (κ1) is 21.9. The molecule has 1 aromatic carbocycles. The van der Waals surface area contributed by atoms with E-state index in [1.165, 1.54) is 6.07 Å². The molecule has 0 radical (unpaired) electrons. The molecule has 2 bridgehead atoms. The van der Waals surface area contributed by atoms with E-state index < -0.39 is 5.60 Å². The summed E-state index contributed by atoms with van der Waals surface area (Å²) in [5.74, 6) is 0.594. The van der Waals surface area contributed by atoms with Crippen molar-refractivity contribution in [2.24, 2.45) is 4.99 Å². The minimum atomic E-state index is -0.474. The van der Waals surface area contributed by atoms with Crippen LogP contribution in [0.4, 0.5) is 9.18 Å². The minimum absolute atomic E-state index is 0.00117. The molecule has 1 amide bonds. The summed E-state index contributed by atoms with van der Waals surface area (Å²) in [4.78, 5) is 19.0. The van der Waals surface area contributed by atoms with E-state index in [9.17, 15) is 9.18 Å². The van der Waals surface area contributed by atoms with E-state index in [4.69, 9.17) is 4.74 Å². The van der Waals surface area contributed by atoms with Gasteiger partial charge in [0.15, 0.2) is 5.96 Å². The van der Waals surface area contributed by atoms with Crippen molar-refractivity contribution in [2.45, 2.75) is 88.4 Å². The number of guanidine groups is 1. The van der Waals surface area contributed by atoms with Gasteiger partial charge in [0.05, 0.1) is 0 Å². The highest BCUT2D eigenvalue weighted by Gasteiger charge is 2.46. The molecule has 1 aliphatic carbocycles. The van der Waals surface area contributed by atoms with Crippen LogP contribution in [0.1, 0.15) is 64.9 Å². The summed E-state index contributed by atoms with van der Waals surface area (Å²) in [5, 5.41) is 7.03. The summed E-state index contributed by atoms with van der Waals surface area (Å²) in [7, 11) is 1.78. The summed E-state index contributed by atoms with van der Waals surface area (Å²) < 4.78 is 19.3. The standard InChI is InChI=1S/C24H35FN4O2/c1-23(2,3)31-22(30)29-19-8-9-20(29)14-18(13-19)28-21(26-4)27-15-24(10-11-24)16-6-5-7-17(25)12-16/h5-7,12,18-20H,8-11,13-15H2,1-4H3,(H2,26,27,28). The van der Waals surface area contributed by atoms with E-state index in [-0.39, 0.29) is 35.5 Å². The maximum absolute atomic E-state index is 13.7. The summed E-state index contributed by atoms with van der Waals surface area (Å²) in [5.41, 5.74) is 0.579. The molecule has 170 valence electrons. The number of benzene rings is 1. The first-order valence-corrected chi connectivity index (χ1v) is 11.4. The third-order valence-electron chi connectivity index (χ3n) is 6.79. The van der Waals surface area contributed by atoms with Crippen LogP contribution in [0.15, 0.2) is 29.3 Å². The number of rotatable bonds is 4. The highest BCUT2D eigenvalue weighted by Crippen LogP contribution is 2.47. The summed E-state index contributed by atoms with van der Waals surface area (Å²) in [6.07, 6.45) is 5.76. The molecule has 1 saturated carbocycles. The lowest BCUT2D eigenvalue weighted by Crippen LogP contribution is -2.55. The van der Waals surface area contributed by atoms with Gasteiger partial charge in [0.1, 0.15) is 11.4 Å². The maximum Gasteiger partial charge on any atom is 0.410 e. The number of halogens is 1. The van der Waals surface area contributed by atoms with Crippen molar-refractivity contribution in [3.8, 4) is 0 Å². The molecular formula is C24H35FN4O2. The van der Waals surface area contributed by atoms with Crippen LogP contribution < -0.4 is 10.6 Å². The quantitative estimate of drug-likeness (QED) is 0.561. The number of ether oxygens (including phenoxy) is 1. The molecule has 4 rings (SSSR count). The van der Waals surface area contributed by atoms with E-state index >= 15 is 0 Å². The highest BCUT2D eigenvalue weighted by atomic mass is 19.1. The van der Waals surface area contributed by atoms with Crippen LogP contribution in [-0.2, 0) is 10.2 Å². The van der Waals surface area contributed by atoms with Gasteiger partial charge in [-0.05, 0) is 77.0 Å². The molecule has 6 nitrogen and oxygen atoms in total. The summed E-state index contributed by atoms with van der Waals surface area (Å²) in [6, 6.07) is 7.63. The molecule has 2 atom stereocenters. The van der Waals surface area contributed by atoms with Crippen molar-refractivity contribution in [3.05, 3.63) is 35.6 Å². The van der Waals surface area contributed by atoms with Gasteiger partial charge in [-0.15, -0.1) is 0 Å². The largest absolute Gasteiger partial charge is 0.444 e. The molecule has 3 aliphatic rings. The zero-order valence-electron chi connectivity index (χ0n) is 19.1. The van der Waals surface area contributed by atoms with Crippen molar-refractivity contribution in [1.82, 2.24) is 15.5 Å². The number of aliphatic imine (C=N–C) groups is 1. The number of amides is 1. The molecule has 7 heteroatoms. The molecule has 0 spiro atoms. The van der Waals surface area contributed by atoms with Gasteiger partial charge in [0.2, 0.25) is 0 Å². The van der Waals surface area contributed by atoms with Gasteiger partial charge in [-0.1, -0.05) is 12.1 Å². The molecular weight excluding hydrogens is 395 g/mol. The van der Waals surface area contributed by atoms with Gasteiger partial charge >= 0.3 is 6.09 Å². The van der Waals surface area contributed by atoms with Crippen LogP contribution >= 0.6 is 0 Å². The van der Waals surface area contributed by atoms with Crippen LogP contribution in [0.2, 0.25) is 0 Å². The van der Waals surface area contributed by atoms with Gasteiger partial charge in [-0.2, -0.15) is 0 Å².